The Labute approximate surface area is 109 Å². The van der Waals surface area contributed by atoms with E-state index in [9.17, 15) is 4.79 Å². The number of hydrogen-bond acceptors (Lipinski definition) is 3. The predicted octanol–water partition coefficient (Wildman–Crippen LogP) is 1.67. The number of nitriles is 1. The van der Waals surface area contributed by atoms with Crippen LogP contribution < -0.4 is 5.32 Å². The highest BCUT2D eigenvalue weighted by molar-refractivity contribution is 5.86. The van der Waals surface area contributed by atoms with Gasteiger partial charge in [-0.1, -0.05) is 12.8 Å². The van der Waals surface area contributed by atoms with E-state index in [0.717, 1.165) is 25.8 Å². The van der Waals surface area contributed by atoms with Crippen LogP contribution in [0.5, 0.6) is 0 Å². The fourth-order valence-corrected chi connectivity index (χ4v) is 2.96. The Bertz CT molecular complexity index is 337. The summed E-state index contributed by atoms with van der Waals surface area (Å²) in [6.07, 6.45) is 7.70. The lowest BCUT2D eigenvalue weighted by atomic mass is 9.69. The molecule has 100 valence electrons. The number of hydrogen-bond donors (Lipinski definition) is 1. The number of carbonyl (C=O) groups is 1. The zero-order valence-electron chi connectivity index (χ0n) is 11.2. The lowest BCUT2D eigenvalue weighted by Gasteiger charge is -2.33. The van der Waals surface area contributed by atoms with Crippen LogP contribution in [0, 0.1) is 16.7 Å². The fraction of sp³-hybridized carbons (Fsp3) is 0.857. The molecule has 4 heteroatoms. The van der Waals surface area contributed by atoms with Crippen LogP contribution in [0.2, 0.25) is 0 Å². The molecule has 0 aromatic carbocycles. The minimum absolute atomic E-state index is 0.0592. The van der Waals surface area contributed by atoms with Gasteiger partial charge in [-0.15, -0.1) is 0 Å². The van der Waals surface area contributed by atoms with E-state index in [1.54, 1.807) is 0 Å². The topological polar surface area (TPSA) is 56.1 Å². The molecule has 0 saturated heterocycles. The minimum atomic E-state index is -0.702. The van der Waals surface area contributed by atoms with Crippen molar-refractivity contribution in [2.75, 3.05) is 20.1 Å². The van der Waals surface area contributed by atoms with E-state index in [-0.39, 0.29) is 5.91 Å². The van der Waals surface area contributed by atoms with E-state index in [1.165, 1.54) is 25.7 Å². The maximum Gasteiger partial charge on any atom is 0.240 e. The van der Waals surface area contributed by atoms with Gasteiger partial charge in [-0.05, 0) is 39.2 Å². The molecule has 0 spiro atoms. The van der Waals surface area contributed by atoms with Crippen molar-refractivity contribution >= 4 is 5.91 Å². The maximum absolute atomic E-state index is 11.9. The number of likely N-dealkylation sites (N-methyl/N-ethyl adjacent to an activating group) is 1. The van der Waals surface area contributed by atoms with Crippen LogP contribution in [0.25, 0.3) is 0 Å². The summed E-state index contributed by atoms with van der Waals surface area (Å²) in [6, 6.07) is 2.87. The van der Waals surface area contributed by atoms with Gasteiger partial charge in [0.05, 0.1) is 6.07 Å². The van der Waals surface area contributed by atoms with Gasteiger partial charge in [0.2, 0.25) is 5.91 Å². The standard InChI is InChI=1S/C14H23N3O/c1-17(12-5-2-3-6-12)10-9-16-13(18)14(11-15)7-4-8-14/h12H,2-10H2,1H3,(H,16,18). The molecule has 2 fully saturated rings. The monoisotopic (exact) mass is 249 g/mol. The van der Waals surface area contributed by atoms with E-state index < -0.39 is 5.41 Å². The quantitative estimate of drug-likeness (QED) is 0.806. The summed E-state index contributed by atoms with van der Waals surface area (Å²) in [5.41, 5.74) is -0.702. The highest BCUT2D eigenvalue weighted by Gasteiger charge is 2.44. The van der Waals surface area contributed by atoms with Crippen LogP contribution in [0.4, 0.5) is 0 Å². The van der Waals surface area contributed by atoms with Crippen molar-refractivity contribution in [3.05, 3.63) is 0 Å². The molecule has 2 aliphatic carbocycles. The summed E-state index contributed by atoms with van der Waals surface area (Å²) in [6.45, 7) is 1.55. The predicted molar refractivity (Wildman–Crippen MR) is 69.8 cm³/mol. The zero-order valence-corrected chi connectivity index (χ0v) is 11.2. The van der Waals surface area contributed by atoms with E-state index in [2.05, 4.69) is 23.3 Å². The average Bonchev–Trinajstić information content (AvgIpc) is 2.81. The number of carbonyl (C=O) groups excluding carboxylic acids is 1. The Kier molecular flexibility index (Phi) is 4.23. The van der Waals surface area contributed by atoms with E-state index in [1.807, 2.05) is 0 Å². The Morgan fingerprint density at radius 2 is 2.06 bits per heavy atom. The first kappa shape index (κ1) is 13.4. The van der Waals surface area contributed by atoms with Gasteiger partial charge in [-0.25, -0.2) is 0 Å². The molecular formula is C14H23N3O. The molecule has 4 nitrogen and oxygen atoms in total. The second kappa shape index (κ2) is 5.71. The molecule has 2 saturated carbocycles. The summed E-state index contributed by atoms with van der Waals surface area (Å²) in [5, 5.41) is 12.0. The Hall–Kier alpha value is -1.08. The van der Waals surface area contributed by atoms with Crippen molar-refractivity contribution in [1.29, 1.82) is 5.26 Å². The lowest BCUT2D eigenvalue weighted by molar-refractivity contribution is -0.131. The van der Waals surface area contributed by atoms with Crippen LogP contribution in [0.3, 0.4) is 0 Å². The molecule has 0 heterocycles. The molecule has 0 atom stereocenters. The second-order valence-electron chi connectivity index (χ2n) is 5.72. The van der Waals surface area contributed by atoms with Crippen LogP contribution >= 0.6 is 0 Å². The van der Waals surface area contributed by atoms with E-state index >= 15 is 0 Å². The third kappa shape index (κ3) is 2.67. The molecule has 0 unspecified atom stereocenters. The summed E-state index contributed by atoms with van der Waals surface area (Å²) < 4.78 is 0. The molecule has 1 amide bonds. The van der Waals surface area contributed by atoms with Gasteiger partial charge >= 0.3 is 0 Å². The molecule has 0 aliphatic heterocycles. The van der Waals surface area contributed by atoms with Gasteiger partial charge < -0.3 is 10.2 Å². The van der Waals surface area contributed by atoms with Crippen molar-refractivity contribution in [3.63, 3.8) is 0 Å². The minimum Gasteiger partial charge on any atom is -0.353 e. The molecule has 0 aromatic heterocycles. The molecule has 0 bridgehead atoms. The molecule has 18 heavy (non-hydrogen) atoms. The van der Waals surface area contributed by atoms with Gasteiger partial charge in [-0.2, -0.15) is 5.26 Å². The summed E-state index contributed by atoms with van der Waals surface area (Å²) >= 11 is 0. The van der Waals surface area contributed by atoms with E-state index in [0.29, 0.717) is 12.6 Å². The Morgan fingerprint density at radius 1 is 1.39 bits per heavy atom. The van der Waals surface area contributed by atoms with Crippen molar-refractivity contribution in [3.8, 4) is 6.07 Å². The molecule has 0 aromatic rings. The number of nitrogens with one attached hydrogen (secondary N) is 1. The number of amides is 1. The molecule has 2 rings (SSSR count). The zero-order chi connectivity index (χ0) is 13.0. The number of nitrogens with zero attached hydrogens (tertiary/aromatic N) is 2. The van der Waals surface area contributed by atoms with Crippen LogP contribution in [-0.4, -0.2) is 37.0 Å². The summed E-state index contributed by atoms with van der Waals surface area (Å²) in [7, 11) is 2.13. The Balaban J connectivity index is 1.69. The molecule has 2 aliphatic rings. The molecular weight excluding hydrogens is 226 g/mol. The van der Waals surface area contributed by atoms with Crippen LogP contribution in [0.1, 0.15) is 44.9 Å². The maximum atomic E-state index is 11.9. The number of rotatable bonds is 5. The highest BCUT2D eigenvalue weighted by Crippen LogP contribution is 2.40. The van der Waals surface area contributed by atoms with Crippen LogP contribution in [-0.2, 0) is 4.79 Å². The SMILES string of the molecule is CN(CCNC(=O)C1(C#N)CCC1)C1CCCC1. The van der Waals surface area contributed by atoms with Gasteiger partial charge in [0.15, 0.2) is 0 Å². The van der Waals surface area contributed by atoms with Crippen molar-refractivity contribution in [2.24, 2.45) is 5.41 Å². The Morgan fingerprint density at radius 3 is 2.56 bits per heavy atom. The van der Waals surface area contributed by atoms with E-state index in [4.69, 9.17) is 5.26 Å². The van der Waals surface area contributed by atoms with Crippen LogP contribution in [0.15, 0.2) is 0 Å². The third-order valence-electron chi connectivity index (χ3n) is 4.55. The van der Waals surface area contributed by atoms with Crippen molar-refractivity contribution in [2.45, 2.75) is 51.0 Å². The lowest BCUT2D eigenvalue weighted by Crippen LogP contribution is -2.47. The van der Waals surface area contributed by atoms with Gasteiger partial charge in [0, 0.05) is 19.1 Å². The average molecular weight is 249 g/mol. The molecule has 0 radical (unpaired) electrons. The first-order valence-corrected chi connectivity index (χ1v) is 7.08. The highest BCUT2D eigenvalue weighted by atomic mass is 16.2. The summed E-state index contributed by atoms with van der Waals surface area (Å²) in [4.78, 5) is 14.3. The first-order chi connectivity index (χ1) is 8.68. The van der Waals surface area contributed by atoms with Crippen molar-refractivity contribution in [1.82, 2.24) is 10.2 Å². The normalized spacial score (nSPS) is 22.5. The largest absolute Gasteiger partial charge is 0.353 e. The van der Waals surface area contributed by atoms with Gasteiger partial charge in [0.25, 0.3) is 0 Å². The third-order valence-corrected chi connectivity index (χ3v) is 4.55. The van der Waals surface area contributed by atoms with Crippen molar-refractivity contribution < 1.29 is 4.79 Å². The second-order valence-corrected chi connectivity index (χ2v) is 5.72. The first-order valence-electron chi connectivity index (χ1n) is 7.08. The van der Waals surface area contributed by atoms with Gasteiger partial charge in [0.1, 0.15) is 5.41 Å². The fourth-order valence-electron chi connectivity index (χ4n) is 2.96. The summed E-state index contributed by atoms with van der Waals surface area (Å²) in [5.74, 6) is -0.0592. The molecule has 1 N–H and O–H groups in total. The van der Waals surface area contributed by atoms with Gasteiger partial charge in [-0.3, -0.25) is 4.79 Å². The smallest absolute Gasteiger partial charge is 0.240 e.